The smallest absolute Gasteiger partial charge is 0.321 e. The van der Waals surface area contributed by atoms with Crippen LogP contribution < -0.4 is 14.8 Å². The van der Waals surface area contributed by atoms with Crippen LogP contribution in [0.25, 0.3) is 0 Å². The molecule has 1 aliphatic heterocycles. The molecule has 146 valence electrons. The number of methoxy groups -OCH3 is 2. The normalized spacial score (nSPS) is 16.9. The van der Waals surface area contributed by atoms with E-state index in [1.807, 2.05) is 29.5 Å². The van der Waals surface area contributed by atoms with E-state index in [4.69, 9.17) is 9.47 Å². The number of benzene rings is 1. The third-order valence-electron chi connectivity index (χ3n) is 4.83. The second kappa shape index (κ2) is 8.28. The molecule has 2 heterocycles. The zero-order valence-electron chi connectivity index (χ0n) is 16.4. The first-order valence-electron chi connectivity index (χ1n) is 9.16. The Labute approximate surface area is 159 Å². The highest BCUT2D eigenvalue weighted by Gasteiger charge is 2.25. The molecule has 1 saturated heterocycles. The van der Waals surface area contributed by atoms with E-state index >= 15 is 0 Å². The number of piperidine rings is 1. The maximum Gasteiger partial charge on any atom is 0.321 e. The van der Waals surface area contributed by atoms with Gasteiger partial charge in [-0.3, -0.25) is 0 Å². The second-order valence-corrected chi connectivity index (χ2v) is 6.84. The highest BCUT2D eigenvalue weighted by atomic mass is 16.5. The van der Waals surface area contributed by atoms with E-state index in [2.05, 4.69) is 15.4 Å². The van der Waals surface area contributed by atoms with Gasteiger partial charge in [0.2, 0.25) is 0 Å². The average molecular weight is 373 g/mol. The van der Waals surface area contributed by atoms with Crippen LogP contribution in [0, 0.1) is 19.8 Å². The lowest BCUT2D eigenvalue weighted by Gasteiger charge is -2.32. The van der Waals surface area contributed by atoms with E-state index in [0.717, 1.165) is 37.6 Å². The molecule has 1 aromatic heterocycles. The minimum atomic E-state index is -0.0987. The first-order valence-corrected chi connectivity index (χ1v) is 9.16. The van der Waals surface area contributed by atoms with Crippen LogP contribution in [0.4, 0.5) is 10.5 Å². The van der Waals surface area contributed by atoms with Gasteiger partial charge in [-0.2, -0.15) is 5.10 Å². The van der Waals surface area contributed by atoms with Crippen LogP contribution in [-0.2, 0) is 6.54 Å². The number of likely N-dealkylation sites (tertiary alicyclic amines) is 1. The van der Waals surface area contributed by atoms with Crippen molar-refractivity contribution in [2.45, 2.75) is 33.2 Å². The lowest BCUT2D eigenvalue weighted by Crippen LogP contribution is -2.43. The Hall–Kier alpha value is -2.77. The molecule has 2 aromatic rings. The minimum Gasteiger partial charge on any atom is -0.493 e. The Morgan fingerprint density at radius 1 is 1.26 bits per heavy atom. The fourth-order valence-corrected chi connectivity index (χ4v) is 3.49. The quantitative estimate of drug-likeness (QED) is 0.872. The number of anilines is 1. The van der Waals surface area contributed by atoms with Gasteiger partial charge in [-0.15, -0.1) is 0 Å². The lowest BCUT2D eigenvalue weighted by molar-refractivity contribution is 0.168. The Morgan fingerprint density at radius 3 is 2.70 bits per heavy atom. The Balaban J connectivity index is 1.62. The van der Waals surface area contributed by atoms with Gasteiger partial charge in [-0.1, -0.05) is 0 Å². The minimum absolute atomic E-state index is 0.0987. The van der Waals surface area contributed by atoms with E-state index in [1.54, 1.807) is 26.4 Å². The molecule has 27 heavy (non-hydrogen) atoms. The standard InChI is InChI=1S/C19H27N5O3/c1-13-20-14(2)24(22-13)12-15-6-5-9-23(11-15)19(25)21-16-7-8-17(26-3)18(10-16)27-4/h7-8,10,15H,5-6,9,11-12H2,1-4H3,(H,21,25). The summed E-state index contributed by atoms with van der Waals surface area (Å²) in [5.74, 6) is 3.29. The summed E-state index contributed by atoms with van der Waals surface area (Å²) in [5, 5.41) is 7.39. The van der Waals surface area contributed by atoms with E-state index in [0.29, 0.717) is 29.6 Å². The maximum atomic E-state index is 12.7. The van der Waals surface area contributed by atoms with Crippen molar-refractivity contribution in [2.75, 3.05) is 32.6 Å². The highest BCUT2D eigenvalue weighted by Crippen LogP contribution is 2.30. The Kier molecular flexibility index (Phi) is 5.83. The molecule has 1 unspecified atom stereocenters. The number of ether oxygens (including phenoxy) is 2. The molecule has 8 heteroatoms. The molecule has 8 nitrogen and oxygen atoms in total. The van der Waals surface area contributed by atoms with Gasteiger partial charge in [0.1, 0.15) is 11.6 Å². The topological polar surface area (TPSA) is 81.5 Å². The third-order valence-corrected chi connectivity index (χ3v) is 4.83. The lowest BCUT2D eigenvalue weighted by atomic mass is 9.98. The fourth-order valence-electron chi connectivity index (χ4n) is 3.49. The number of aromatic nitrogens is 3. The van der Waals surface area contributed by atoms with Gasteiger partial charge in [-0.05, 0) is 44.7 Å². The number of amides is 2. The number of nitrogens with one attached hydrogen (secondary N) is 1. The summed E-state index contributed by atoms with van der Waals surface area (Å²) in [6.45, 7) is 6.10. The average Bonchev–Trinajstić information content (AvgIpc) is 2.98. The fraction of sp³-hybridized carbons (Fsp3) is 0.526. The van der Waals surface area contributed by atoms with Crippen LogP contribution in [0.5, 0.6) is 11.5 Å². The number of carbonyl (C=O) groups is 1. The SMILES string of the molecule is COc1ccc(NC(=O)N2CCCC(Cn3nc(C)nc3C)C2)cc1OC. The summed E-state index contributed by atoms with van der Waals surface area (Å²) < 4.78 is 12.5. The summed E-state index contributed by atoms with van der Waals surface area (Å²) in [5.41, 5.74) is 0.683. The number of urea groups is 1. The van der Waals surface area contributed by atoms with Gasteiger partial charge in [0.15, 0.2) is 11.5 Å². The monoisotopic (exact) mass is 373 g/mol. The van der Waals surface area contributed by atoms with Crippen LogP contribution in [0.1, 0.15) is 24.5 Å². The number of rotatable bonds is 5. The van der Waals surface area contributed by atoms with Crippen molar-refractivity contribution in [3.05, 3.63) is 29.8 Å². The molecule has 0 bridgehead atoms. The van der Waals surface area contributed by atoms with Gasteiger partial charge in [-0.25, -0.2) is 14.5 Å². The molecule has 0 saturated carbocycles. The number of carbonyl (C=O) groups excluding carboxylic acids is 1. The van der Waals surface area contributed by atoms with E-state index in [9.17, 15) is 4.79 Å². The van der Waals surface area contributed by atoms with Crippen molar-refractivity contribution in [3.63, 3.8) is 0 Å². The van der Waals surface area contributed by atoms with Crippen LogP contribution in [0.2, 0.25) is 0 Å². The Bertz CT molecular complexity index is 805. The molecule has 2 amide bonds. The zero-order valence-corrected chi connectivity index (χ0v) is 16.4. The van der Waals surface area contributed by atoms with Crippen LogP contribution in [0.15, 0.2) is 18.2 Å². The molecule has 1 aliphatic rings. The van der Waals surface area contributed by atoms with Crippen molar-refractivity contribution in [1.82, 2.24) is 19.7 Å². The molecule has 0 aliphatic carbocycles. The van der Waals surface area contributed by atoms with Crippen molar-refractivity contribution < 1.29 is 14.3 Å². The molecule has 0 radical (unpaired) electrons. The number of nitrogens with zero attached hydrogens (tertiary/aromatic N) is 4. The van der Waals surface area contributed by atoms with E-state index in [1.165, 1.54) is 0 Å². The molecule has 1 fully saturated rings. The predicted molar refractivity (Wildman–Crippen MR) is 102 cm³/mol. The van der Waals surface area contributed by atoms with E-state index < -0.39 is 0 Å². The van der Waals surface area contributed by atoms with Crippen molar-refractivity contribution >= 4 is 11.7 Å². The molecule has 0 spiro atoms. The van der Waals surface area contributed by atoms with Gasteiger partial charge >= 0.3 is 6.03 Å². The van der Waals surface area contributed by atoms with Crippen LogP contribution in [0.3, 0.4) is 0 Å². The van der Waals surface area contributed by atoms with Crippen molar-refractivity contribution in [3.8, 4) is 11.5 Å². The van der Waals surface area contributed by atoms with Crippen molar-refractivity contribution in [2.24, 2.45) is 5.92 Å². The summed E-state index contributed by atoms with van der Waals surface area (Å²) in [6.07, 6.45) is 2.06. The molecule has 3 rings (SSSR count). The largest absolute Gasteiger partial charge is 0.493 e. The van der Waals surface area contributed by atoms with E-state index in [-0.39, 0.29) is 6.03 Å². The predicted octanol–water partition coefficient (Wildman–Crippen LogP) is 2.86. The first kappa shape index (κ1) is 19.0. The molecule has 1 atom stereocenters. The molecule has 1 N–H and O–H groups in total. The van der Waals surface area contributed by atoms with Gasteiger partial charge < -0.3 is 19.7 Å². The van der Waals surface area contributed by atoms with Crippen LogP contribution >= 0.6 is 0 Å². The number of hydrogen-bond donors (Lipinski definition) is 1. The molecular formula is C19H27N5O3. The Morgan fingerprint density at radius 2 is 2.04 bits per heavy atom. The second-order valence-electron chi connectivity index (χ2n) is 6.84. The number of aryl methyl sites for hydroxylation is 2. The third kappa shape index (κ3) is 4.50. The van der Waals surface area contributed by atoms with Gasteiger partial charge in [0.05, 0.1) is 14.2 Å². The zero-order chi connectivity index (χ0) is 19.4. The first-order chi connectivity index (χ1) is 13.0. The molecular weight excluding hydrogens is 346 g/mol. The van der Waals surface area contributed by atoms with Crippen molar-refractivity contribution in [1.29, 1.82) is 0 Å². The van der Waals surface area contributed by atoms with Crippen LogP contribution in [-0.4, -0.2) is 53.0 Å². The highest BCUT2D eigenvalue weighted by molar-refractivity contribution is 5.89. The number of hydrogen-bond acceptors (Lipinski definition) is 5. The molecule has 1 aromatic carbocycles. The summed E-state index contributed by atoms with van der Waals surface area (Å²) >= 11 is 0. The summed E-state index contributed by atoms with van der Waals surface area (Å²) in [7, 11) is 3.16. The maximum absolute atomic E-state index is 12.7. The summed E-state index contributed by atoms with van der Waals surface area (Å²) in [4.78, 5) is 18.9. The van der Waals surface area contributed by atoms with Gasteiger partial charge in [0, 0.05) is 31.4 Å². The summed E-state index contributed by atoms with van der Waals surface area (Å²) in [6, 6.07) is 5.25. The van der Waals surface area contributed by atoms with Gasteiger partial charge in [0.25, 0.3) is 0 Å².